The van der Waals surface area contributed by atoms with E-state index in [2.05, 4.69) is 152 Å². The normalized spacial score (nSPS) is 21.4. The van der Waals surface area contributed by atoms with Crippen LogP contribution in [0, 0.1) is 20.8 Å². The highest BCUT2D eigenvalue weighted by Gasteiger charge is 2.76. The minimum atomic E-state index is -0.994. The average Bonchev–Trinajstić information content (AvgIpc) is 3.42. The Balaban J connectivity index is 0.978. The summed E-state index contributed by atoms with van der Waals surface area (Å²) in [5.74, 6) is 2.92. The van der Waals surface area contributed by atoms with Gasteiger partial charge in [0.05, 0.1) is 11.1 Å². The molecule has 6 heteroatoms. The molecule has 1 spiro atoms. The van der Waals surface area contributed by atoms with Crippen LogP contribution in [0.15, 0.2) is 114 Å². The van der Waals surface area contributed by atoms with Gasteiger partial charge in [0.25, 0.3) is 0 Å². The van der Waals surface area contributed by atoms with Gasteiger partial charge in [0.15, 0.2) is 23.9 Å². The number of rotatable bonds is 7. The summed E-state index contributed by atoms with van der Waals surface area (Å²) in [5.41, 5.74) is 8.25. The summed E-state index contributed by atoms with van der Waals surface area (Å²) in [5, 5.41) is 2.89. The van der Waals surface area contributed by atoms with Crippen molar-refractivity contribution in [2.45, 2.75) is 69.5 Å². The molecule has 0 bridgehead atoms. The van der Waals surface area contributed by atoms with Crippen LogP contribution >= 0.6 is 19.7 Å². The smallest absolute Gasteiger partial charge is 0.340 e. The number of aryl methyl sites for hydroxylation is 3. The maximum Gasteiger partial charge on any atom is 0.704 e. The van der Waals surface area contributed by atoms with E-state index >= 15 is 0 Å². The Morgan fingerprint density at radius 3 is 1.82 bits per heavy atom. The summed E-state index contributed by atoms with van der Waals surface area (Å²) in [6.45, 7) is 6.48. The van der Waals surface area contributed by atoms with Crippen LogP contribution < -0.4 is 20.1 Å². The van der Waals surface area contributed by atoms with Gasteiger partial charge in [-0.25, -0.2) is 0 Å². The highest BCUT2D eigenvalue weighted by molar-refractivity contribution is 7.99. The molecule has 1 saturated heterocycles. The van der Waals surface area contributed by atoms with Gasteiger partial charge in [-0.15, -0.1) is 11.8 Å². The molecule has 0 radical (unpaired) electrons. The van der Waals surface area contributed by atoms with E-state index in [4.69, 9.17) is 9.47 Å². The van der Waals surface area contributed by atoms with Crippen LogP contribution in [0.2, 0.25) is 0 Å². The molecule has 250 valence electrons. The number of thioether (sulfide) groups is 1. The summed E-state index contributed by atoms with van der Waals surface area (Å²) < 4.78 is 18.9. The fourth-order valence-corrected chi connectivity index (χ4v) is 12.0. The molecular formula is C44H43N2O2PS+2. The summed E-state index contributed by atoms with van der Waals surface area (Å²) in [6, 6.07) is 39.9. The molecule has 1 aliphatic carbocycles. The molecule has 5 aromatic carbocycles. The highest BCUT2D eigenvalue weighted by atomic mass is 32.2. The lowest BCUT2D eigenvalue weighted by molar-refractivity contribution is -0.866. The number of fused-ring (bicyclic) bond motifs is 5. The van der Waals surface area contributed by atoms with E-state index in [0.717, 1.165) is 58.5 Å². The maximum atomic E-state index is 7.11. The van der Waals surface area contributed by atoms with E-state index < -0.39 is 6.03 Å². The molecule has 0 amide bonds. The molecule has 5 aromatic rings. The third-order valence-electron chi connectivity index (χ3n) is 10.7. The van der Waals surface area contributed by atoms with Crippen LogP contribution in [0.5, 0.6) is 11.5 Å². The topological polar surface area (TPSA) is 24.5 Å². The molecule has 3 aliphatic heterocycles. The molecular weight excluding hydrogens is 652 g/mol. The molecule has 2 fully saturated rings. The molecule has 1 saturated carbocycles. The predicted molar refractivity (Wildman–Crippen MR) is 208 cm³/mol. The monoisotopic (exact) mass is 694 g/mol. The first kappa shape index (κ1) is 31.8. The Bertz CT molecular complexity index is 2110. The first-order valence-corrected chi connectivity index (χ1v) is 20.5. The van der Waals surface area contributed by atoms with Gasteiger partial charge >= 0.3 is 6.03 Å². The molecule has 0 N–H and O–H groups in total. The molecule has 3 heterocycles. The molecule has 0 aromatic heterocycles. The van der Waals surface area contributed by atoms with E-state index in [1.807, 2.05) is 11.8 Å². The zero-order valence-electron chi connectivity index (χ0n) is 29.0. The fourth-order valence-electron chi connectivity index (χ4n) is 8.49. The number of hydrogen-bond donors (Lipinski definition) is 0. The summed E-state index contributed by atoms with van der Waals surface area (Å²) in [4.78, 5) is 1.31. The van der Waals surface area contributed by atoms with Crippen molar-refractivity contribution in [2.75, 3.05) is 11.9 Å². The number of nitrogens with zero attached hydrogens (tertiary/aromatic N) is 2. The van der Waals surface area contributed by atoms with Gasteiger partial charge < -0.3 is 9.47 Å². The summed E-state index contributed by atoms with van der Waals surface area (Å²) in [7, 11) is -0.383. The largest absolute Gasteiger partial charge is 0.704 e. The van der Waals surface area contributed by atoms with Gasteiger partial charge in [0.2, 0.25) is 12.1 Å². The van der Waals surface area contributed by atoms with Gasteiger partial charge in [-0.3, -0.25) is 0 Å². The second kappa shape index (κ2) is 12.9. The number of hydrogen-bond acceptors (Lipinski definition) is 3. The third kappa shape index (κ3) is 5.50. The van der Waals surface area contributed by atoms with E-state index in [1.54, 1.807) is 0 Å². The van der Waals surface area contributed by atoms with Crippen molar-refractivity contribution in [2.24, 2.45) is 0 Å². The first-order valence-electron chi connectivity index (χ1n) is 18.0. The van der Waals surface area contributed by atoms with Crippen molar-refractivity contribution >= 4 is 42.7 Å². The Morgan fingerprint density at radius 2 is 1.22 bits per heavy atom. The van der Waals surface area contributed by atoms with Crippen molar-refractivity contribution in [3.8, 4) is 22.6 Å². The zero-order chi connectivity index (χ0) is 33.8. The Hall–Kier alpha value is -4.18. The van der Waals surface area contributed by atoms with Crippen LogP contribution in [-0.4, -0.2) is 51.6 Å². The van der Waals surface area contributed by atoms with E-state index in [9.17, 15) is 0 Å². The molecule has 1 unspecified atom stereocenters. The van der Waals surface area contributed by atoms with Gasteiger partial charge in [0.1, 0.15) is 0 Å². The average molecular weight is 695 g/mol. The van der Waals surface area contributed by atoms with Crippen molar-refractivity contribution in [3.05, 3.63) is 137 Å². The molecule has 50 heavy (non-hydrogen) atoms. The lowest BCUT2D eigenvalue weighted by Gasteiger charge is -2.29. The van der Waals surface area contributed by atoms with Gasteiger partial charge in [0, 0.05) is 23.5 Å². The second-order valence-corrected chi connectivity index (χ2v) is 17.7. The van der Waals surface area contributed by atoms with Gasteiger partial charge in [-0.05, 0) is 116 Å². The lowest BCUT2D eigenvalue weighted by Crippen LogP contribution is -2.60. The van der Waals surface area contributed by atoms with Crippen LogP contribution in [0.3, 0.4) is 0 Å². The third-order valence-corrected chi connectivity index (χ3v) is 14.6. The van der Waals surface area contributed by atoms with Crippen molar-refractivity contribution < 1.29 is 18.6 Å². The predicted octanol–water partition coefficient (Wildman–Crippen LogP) is 8.79. The van der Waals surface area contributed by atoms with E-state index in [-0.39, 0.29) is 7.92 Å². The van der Waals surface area contributed by atoms with Crippen LogP contribution in [0.1, 0.15) is 53.5 Å². The number of ether oxygens (including phenoxy) is 2. The quantitative estimate of drug-likeness (QED) is 0.0968. The van der Waals surface area contributed by atoms with Crippen LogP contribution in [0.25, 0.3) is 11.1 Å². The summed E-state index contributed by atoms with van der Waals surface area (Å²) in [6.07, 6.45) is 10.6. The highest BCUT2D eigenvalue weighted by Crippen LogP contribution is 2.46. The van der Waals surface area contributed by atoms with Crippen LogP contribution in [0.4, 0.5) is 0 Å². The second-order valence-electron chi connectivity index (χ2n) is 14.2. The van der Waals surface area contributed by atoms with Crippen LogP contribution in [-0.2, 0) is 0 Å². The van der Waals surface area contributed by atoms with Crippen molar-refractivity contribution in [1.29, 1.82) is 0 Å². The minimum absolute atomic E-state index is 0.342. The van der Waals surface area contributed by atoms with Crippen molar-refractivity contribution in [3.63, 3.8) is 0 Å². The SMILES string of the molecule is Cc1cc(C)c2c(c1)C=[N+]1[C@@H]3CCCC[C@H]3[N+]3=Cc4cc(-c5ccc(SCCP(c6ccccc6)c6ccccc6)cc5)cc(C)c4OC13O2. The Labute approximate surface area is 301 Å². The fraction of sp³-hybridized carbons (Fsp3) is 0.273. The standard InChI is InChI=1S/C44H43N2O2PS/c1-30-24-31(2)42-35(25-30)28-45-40-16-10-11-17-41(40)46-29-36-27-34(26-32(3)43(36)48-44(45,46)47-42)33-18-20-39(21-19-33)50-23-22-49(37-12-6-4-7-13-37)38-14-8-5-9-15-38/h4-9,12-15,18-21,24-29,40-41H,10-11,16-17,22-23H2,1-3H3/q+2/t40-,41-,44?/m1/s1. The Morgan fingerprint density at radius 1 is 0.660 bits per heavy atom. The maximum absolute atomic E-state index is 7.11. The molecule has 3 atom stereocenters. The minimum Gasteiger partial charge on any atom is -0.340 e. The van der Waals surface area contributed by atoms with E-state index in [0.29, 0.717) is 12.1 Å². The Kier molecular flexibility index (Phi) is 8.17. The molecule has 9 rings (SSSR count). The number of benzene rings is 5. The summed E-state index contributed by atoms with van der Waals surface area (Å²) >= 11 is 1.96. The van der Waals surface area contributed by atoms with Crippen molar-refractivity contribution in [1.82, 2.24) is 0 Å². The van der Waals surface area contributed by atoms with Gasteiger partial charge in [-0.1, -0.05) is 88.0 Å². The molecule has 4 aliphatic rings. The first-order chi connectivity index (χ1) is 24.5. The van der Waals surface area contributed by atoms with E-state index in [1.165, 1.54) is 45.0 Å². The molecule has 4 nitrogen and oxygen atoms in total. The lowest BCUT2D eigenvalue weighted by atomic mass is 9.91. The van der Waals surface area contributed by atoms with Gasteiger partial charge in [-0.2, -0.15) is 0 Å². The zero-order valence-corrected chi connectivity index (χ0v) is 30.7.